The second kappa shape index (κ2) is 14.1. The lowest BCUT2D eigenvalue weighted by Gasteiger charge is -2.21. The molecule has 2 aromatic carbocycles. The molecule has 1 atom stereocenters. The van der Waals surface area contributed by atoms with Crippen molar-refractivity contribution in [1.82, 2.24) is 5.32 Å². The van der Waals surface area contributed by atoms with E-state index < -0.39 is 6.04 Å². The molecule has 1 fully saturated rings. The lowest BCUT2D eigenvalue weighted by Crippen LogP contribution is -2.44. The Morgan fingerprint density at radius 2 is 1.62 bits per heavy atom. The van der Waals surface area contributed by atoms with Crippen LogP contribution in [0.5, 0.6) is 0 Å². The van der Waals surface area contributed by atoms with Gasteiger partial charge < -0.3 is 19.5 Å². The summed E-state index contributed by atoms with van der Waals surface area (Å²) in [5.74, 6) is 5.15. The normalized spacial score (nSPS) is 15.5. The molecule has 0 spiro atoms. The fraction of sp³-hybridized carbons (Fsp3) is 0.370. The summed E-state index contributed by atoms with van der Waals surface area (Å²) in [7, 11) is 0. The summed E-state index contributed by atoms with van der Waals surface area (Å²) in [6.07, 6.45) is 0.528. The molecule has 1 saturated carbocycles. The highest BCUT2D eigenvalue weighted by atomic mass is 16.5. The quantitative estimate of drug-likeness (QED) is 0.313. The number of carbonyl (C=O) groups is 3. The number of Topliss-reactive ketones (excluding diaryl/α,β-unsaturated/α-hetero) is 2. The molecule has 0 aliphatic heterocycles. The van der Waals surface area contributed by atoms with Gasteiger partial charge in [0.2, 0.25) is 0 Å². The first kappa shape index (κ1) is 25.3. The average molecular weight is 464 g/mol. The molecule has 178 valence electrons. The number of amides is 1. The fourth-order valence-corrected chi connectivity index (χ4v) is 3.41. The van der Waals surface area contributed by atoms with Crippen molar-refractivity contribution >= 4 is 17.5 Å². The fourth-order valence-electron chi connectivity index (χ4n) is 3.41. The second-order valence-electron chi connectivity index (χ2n) is 7.80. The van der Waals surface area contributed by atoms with E-state index in [2.05, 4.69) is 17.2 Å². The molecule has 0 aromatic heterocycles. The number of ketones is 2. The molecule has 1 aliphatic carbocycles. The van der Waals surface area contributed by atoms with Crippen LogP contribution in [0.4, 0.5) is 0 Å². The van der Waals surface area contributed by atoms with E-state index in [-0.39, 0.29) is 30.5 Å². The number of rotatable bonds is 11. The van der Waals surface area contributed by atoms with Crippen molar-refractivity contribution in [1.29, 1.82) is 0 Å². The number of nitrogens with one attached hydrogen (secondary N) is 1. The molecule has 3 rings (SSSR count). The SMILES string of the molecule is O=C1CCC(NC(=O)c2ccccc2C#CCOCCOCCOCc2ccccc2)C(=O)C1. The molecular formula is C27H29NO6. The molecule has 7 nitrogen and oxygen atoms in total. The molecule has 34 heavy (non-hydrogen) atoms. The number of ether oxygens (including phenoxy) is 3. The van der Waals surface area contributed by atoms with E-state index in [9.17, 15) is 14.4 Å². The second-order valence-corrected chi connectivity index (χ2v) is 7.80. The molecule has 1 aliphatic rings. The van der Waals surface area contributed by atoms with Crippen molar-refractivity contribution in [2.45, 2.75) is 31.9 Å². The highest BCUT2D eigenvalue weighted by Gasteiger charge is 2.28. The van der Waals surface area contributed by atoms with E-state index >= 15 is 0 Å². The first-order valence-electron chi connectivity index (χ1n) is 11.3. The van der Waals surface area contributed by atoms with Gasteiger partial charge in [-0.2, -0.15) is 0 Å². The minimum atomic E-state index is -0.627. The van der Waals surface area contributed by atoms with Crippen LogP contribution in [0, 0.1) is 11.8 Å². The van der Waals surface area contributed by atoms with Crippen LogP contribution >= 0.6 is 0 Å². The van der Waals surface area contributed by atoms with Crippen LogP contribution < -0.4 is 5.32 Å². The number of carbonyl (C=O) groups excluding carboxylic acids is 3. The first-order chi connectivity index (χ1) is 16.6. The standard InChI is InChI=1S/C27H29NO6/c29-23-12-13-25(26(30)19-23)28-27(31)24-11-5-4-9-22(24)10-6-14-32-15-16-33-17-18-34-20-21-7-2-1-3-8-21/h1-5,7-9,11,25H,12-20H2,(H,28,31). The Morgan fingerprint density at radius 1 is 0.912 bits per heavy atom. The highest BCUT2D eigenvalue weighted by Crippen LogP contribution is 2.14. The lowest BCUT2D eigenvalue weighted by atomic mass is 9.92. The Labute approximate surface area is 199 Å². The highest BCUT2D eigenvalue weighted by molar-refractivity contribution is 6.06. The molecule has 2 aromatic rings. The lowest BCUT2D eigenvalue weighted by molar-refractivity contribution is -0.131. The van der Waals surface area contributed by atoms with Gasteiger partial charge in [0.15, 0.2) is 5.78 Å². The van der Waals surface area contributed by atoms with Crippen molar-refractivity contribution in [2.24, 2.45) is 0 Å². The van der Waals surface area contributed by atoms with Crippen LogP contribution in [0.1, 0.15) is 40.7 Å². The number of hydrogen-bond donors (Lipinski definition) is 1. The Kier molecular flexibility index (Phi) is 10.5. The van der Waals surface area contributed by atoms with Gasteiger partial charge in [-0.05, 0) is 24.1 Å². The first-order valence-corrected chi connectivity index (χ1v) is 11.3. The van der Waals surface area contributed by atoms with Gasteiger partial charge in [0.05, 0.1) is 51.1 Å². The molecule has 0 heterocycles. The van der Waals surface area contributed by atoms with E-state index in [0.717, 1.165) is 5.56 Å². The molecule has 1 amide bonds. The molecular weight excluding hydrogens is 434 g/mol. The smallest absolute Gasteiger partial charge is 0.253 e. The van der Waals surface area contributed by atoms with Crippen LogP contribution in [0.15, 0.2) is 54.6 Å². The Balaban J connectivity index is 1.32. The summed E-state index contributed by atoms with van der Waals surface area (Å²) < 4.78 is 16.5. The third-order valence-electron chi connectivity index (χ3n) is 5.20. The summed E-state index contributed by atoms with van der Waals surface area (Å²) in [6, 6.07) is 16.3. The Morgan fingerprint density at radius 3 is 2.41 bits per heavy atom. The van der Waals surface area contributed by atoms with E-state index in [1.54, 1.807) is 24.3 Å². The van der Waals surface area contributed by atoms with E-state index in [4.69, 9.17) is 14.2 Å². The van der Waals surface area contributed by atoms with Crippen LogP contribution in [0.25, 0.3) is 0 Å². The van der Waals surface area contributed by atoms with Crippen molar-refractivity contribution in [3.05, 3.63) is 71.3 Å². The predicted octanol–water partition coefficient (Wildman–Crippen LogP) is 2.71. The minimum absolute atomic E-state index is 0.0800. The zero-order valence-corrected chi connectivity index (χ0v) is 19.1. The Hall–Kier alpha value is -3.31. The molecule has 0 radical (unpaired) electrons. The van der Waals surface area contributed by atoms with Gasteiger partial charge in [-0.1, -0.05) is 54.3 Å². The largest absolute Gasteiger partial charge is 0.377 e. The van der Waals surface area contributed by atoms with Gasteiger partial charge in [0, 0.05) is 12.0 Å². The van der Waals surface area contributed by atoms with Gasteiger partial charge >= 0.3 is 0 Å². The molecule has 7 heteroatoms. The van der Waals surface area contributed by atoms with Crippen molar-refractivity contribution < 1.29 is 28.6 Å². The maximum atomic E-state index is 12.6. The zero-order valence-electron chi connectivity index (χ0n) is 19.1. The topological polar surface area (TPSA) is 90.9 Å². The van der Waals surface area contributed by atoms with Gasteiger partial charge in [-0.25, -0.2) is 0 Å². The van der Waals surface area contributed by atoms with Crippen LogP contribution in [0.2, 0.25) is 0 Å². The molecule has 0 bridgehead atoms. The summed E-state index contributed by atoms with van der Waals surface area (Å²) in [4.78, 5) is 36.0. The van der Waals surface area contributed by atoms with Gasteiger partial charge in [-0.15, -0.1) is 0 Å². The van der Waals surface area contributed by atoms with E-state index in [1.165, 1.54) is 0 Å². The summed E-state index contributed by atoms with van der Waals surface area (Å²) in [5, 5.41) is 2.73. The monoisotopic (exact) mass is 463 g/mol. The average Bonchev–Trinajstić information content (AvgIpc) is 2.85. The van der Waals surface area contributed by atoms with Crippen LogP contribution in [-0.2, 0) is 30.4 Å². The summed E-state index contributed by atoms with van der Waals surface area (Å²) >= 11 is 0. The summed E-state index contributed by atoms with van der Waals surface area (Å²) in [6.45, 7) is 2.60. The minimum Gasteiger partial charge on any atom is -0.377 e. The number of benzene rings is 2. The van der Waals surface area contributed by atoms with Crippen molar-refractivity contribution in [2.75, 3.05) is 33.0 Å². The van der Waals surface area contributed by atoms with E-state index in [1.807, 2.05) is 30.3 Å². The van der Waals surface area contributed by atoms with Crippen molar-refractivity contribution in [3.63, 3.8) is 0 Å². The van der Waals surface area contributed by atoms with Crippen LogP contribution in [-0.4, -0.2) is 56.5 Å². The van der Waals surface area contributed by atoms with Gasteiger partial charge in [0.1, 0.15) is 12.4 Å². The number of hydrogen-bond acceptors (Lipinski definition) is 6. The maximum Gasteiger partial charge on any atom is 0.253 e. The summed E-state index contributed by atoms with van der Waals surface area (Å²) in [5.41, 5.74) is 2.07. The predicted molar refractivity (Wildman–Crippen MR) is 126 cm³/mol. The third kappa shape index (κ3) is 8.56. The van der Waals surface area contributed by atoms with Crippen molar-refractivity contribution in [3.8, 4) is 11.8 Å². The molecule has 1 unspecified atom stereocenters. The molecule has 1 N–H and O–H groups in total. The van der Waals surface area contributed by atoms with E-state index in [0.29, 0.717) is 57.0 Å². The third-order valence-corrected chi connectivity index (χ3v) is 5.20. The zero-order chi connectivity index (χ0) is 24.0. The van der Waals surface area contributed by atoms with Gasteiger partial charge in [0.25, 0.3) is 5.91 Å². The van der Waals surface area contributed by atoms with Crippen LogP contribution in [0.3, 0.4) is 0 Å². The maximum absolute atomic E-state index is 12.6. The Bertz CT molecular complexity index is 1020. The van der Waals surface area contributed by atoms with Gasteiger partial charge in [-0.3, -0.25) is 14.4 Å². The molecule has 0 saturated heterocycles.